The first kappa shape index (κ1) is 20.7. The lowest BCUT2D eigenvalue weighted by molar-refractivity contribution is 0.540. The maximum atomic E-state index is 3.86. The van der Waals surface area contributed by atoms with Gasteiger partial charge in [0.05, 0.1) is 0 Å². The van der Waals surface area contributed by atoms with Crippen LogP contribution in [0.5, 0.6) is 0 Å². The quantitative estimate of drug-likeness (QED) is 0.188. The van der Waals surface area contributed by atoms with Crippen LogP contribution in [0, 0.1) is 6.92 Å². The SMILES string of the molecule is [CH2]CCCC=CCCCCCCCCCCCCCCC. The maximum Gasteiger partial charge on any atom is -0.0351 e. The lowest BCUT2D eigenvalue weighted by atomic mass is 10.0. The van der Waals surface area contributed by atoms with E-state index in [4.69, 9.17) is 0 Å². The second-order valence-corrected chi connectivity index (χ2v) is 6.50. The molecule has 0 aliphatic carbocycles. The van der Waals surface area contributed by atoms with E-state index in [9.17, 15) is 0 Å². The van der Waals surface area contributed by atoms with E-state index in [1.165, 1.54) is 103 Å². The van der Waals surface area contributed by atoms with Crippen molar-refractivity contribution in [3.05, 3.63) is 19.1 Å². The fourth-order valence-electron chi connectivity index (χ4n) is 2.78. The number of hydrogen-bond acceptors (Lipinski definition) is 0. The summed E-state index contributed by atoms with van der Waals surface area (Å²) in [4.78, 5) is 0. The van der Waals surface area contributed by atoms with Crippen LogP contribution in [0.1, 0.15) is 116 Å². The largest absolute Gasteiger partial charge is 0.0885 e. The summed E-state index contributed by atoms with van der Waals surface area (Å²) in [6.45, 7) is 6.15. The Morgan fingerprint density at radius 1 is 0.524 bits per heavy atom. The molecular formula is C21H41. The number of allylic oxidation sites excluding steroid dienone is 2. The summed E-state index contributed by atoms with van der Waals surface area (Å²) < 4.78 is 0. The summed E-state index contributed by atoms with van der Waals surface area (Å²) >= 11 is 0. The second-order valence-electron chi connectivity index (χ2n) is 6.50. The van der Waals surface area contributed by atoms with E-state index >= 15 is 0 Å². The summed E-state index contributed by atoms with van der Waals surface area (Å²) in [5.74, 6) is 0. The first-order chi connectivity index (χ1) is 10.4. The molecule has 0 saturated carbocycles. The van der Waals surface area contributed by atoms with Gasteiger partial charge in [0.15, 0.2) is 0 Å². The van der Waals surface area contributed by atoms with E-state index in [1.807, 2.05) is 0 Å². The van der Waals surface area contributed by atoms with Crippen LogP contribution in [-0.4, -0.2) is 0 Å². The van der Waals surface area contributed by atoms with Gasteiger partial charge in [-0.25, -0.2) is 0 Å². The van der Waals surface area contributed by atoms with Crippen LogP contribution in [0.25, 0.3) is 0 Å². The molecule has 0 N–H and O–H groups in total. The summed E-state index contributed by atoms with van der Waals surface area (Å²) in [5, 5.41) is 0. The molecule has 125 valence electrons. The molecule has 0 aliphatic heterocycles. The second kappa shape index (κ2) is 19.7. The fraction of sp³-hybridized carbons (Fsp3) is 0.857. The highest BCUT2D eigenvalue weighted by Gasteiger charge is 1.93. The molecule has 0 heterocycles. The smallest absolute Gasteiger partial charge is 0.0351 e. The standard InChI is InChI=1S/C21H41/c1-3-5-7-9-11-13-15-17-19-21-20-18-16-14-12-10-8-6-4-2/h9,11H,1,3-8,10,12-21H2,2H3. The zero-order valence-corrected chi connectivity index (χ0v) is 14.9. The molecule has 21 heavy (non-hydrogen) atoms. The molecule has 0 heteroatoms. The van der Waals surface area contributed by atoms with Gasteiger partial charge in [-0.15, -0.1) is 0 Å². The molecule has 0 aromatic rings. The normalized spacial score (nSPS) is 11.5. The lowest BCUT2D eigenvalue weighted by Gasteiger charge is -2.02. The first-order valence-corrected chi connectivity index (χ1v) is 9.86. The fourth-order valence-corrected chi connectivity index (χ4v) is 2.78. The maximum absolute atomic E-state index is 3.86. The molecule has 0 unspecified atom stereocenters. The zero-order chi connectivity index (χ0) is 15.4. The third kappa shape index (κ3) is 19.7. The van der Waals surface area contributed by atoms with Crippen LogP contribution in [0.2, 0.25) is 0 Å². The average molecular weight is 294 g/mol. The van der Waals surface area contributed by atoms with Gasteiger partial charge in [0.1, 0.15) is 0 Å². The van der Waals surface area contributed by atoms with Crippen molar-refractivity contribution in [1.29, 1.82) is 0 Å². The van der Waals surface area contributed by atoms with Crippen LogP contribution in [0.15, 0.2) is 12.2 Å². The predicted octanol–water partition coefficient (Wildman–Crippen LogP) is 8.03. The third-order valence-corrected chi connectivity index (χ3v) is 4.26. The molecule has 0 amide bonds. The van der Waals surface area contributed by atoms with Gasteiger partial charge in [-0.05, 0) is 25.7 Å². The molecule has 0 aromatic carbocycles. The molecule has 1 radical (unpaired) electrons. The third-order valence-electron chi connectivity index (χ3n) is 4.26. The topological polar surface area (TPSA) is 0 Å². The van der Waals surface area contributed by atoms with Gasteiger partial charge in [-0.3, -0.25) is 0 Å². The van der Waals surface area contributed by atoms with Gasteiger partial charge in [-0.1, -0.05) is 109 Å². The molecule has 0 aliphatic rings. The minimum Gasteiger partial charge on any atom is -0.0885 e. The molecule has 0 fully saturated rings. The lowest BCUT2D eigenvalue weighted by Crippen LogP contribution is -1.82. The summed E-state index contributed by atoms with van der Waals surface area (Å²) in [5.41, 5.74) is 0. The first-order valence-electron chi connectivity index (χ1n) is 9.86. The minimum absolute atomic E-state index is 1.07. The molecular weight excluding hydrogens is 252 g/mol. The Bertz CT molecular complexity index is 192. The number of unbranched alkanes of at least 4 members (excludes halogenated alkanes) is 15. The molecule has 0 nitrogen and oxygen atoms in total. The van der Waals surface area contributed by atoms with Crippen LogP contribution >= 0.6 is 0 Å². The van der Waals surface area contributed by atoms with Crippen molar-refractivity contribution in [1.82, 2.24) is 0 Å². The minimum atomic E-state index is 1.07. The summed E-state index contributed by atoms with van der Waals surface area (Å²) in [7, 11) is 0. The van der Waals surface area contributed by atoms with E-state index in [-0.39, 0.29) is 0 Å². The van der Waals surface area contributed by atoms with Gasteiger partial charge >= 0.3 is 0 Å². The van der Waals surface area contributed by atoms with Gasteiger partial charge < -0.3 is 0 Å². The highest BCUT2D eigenvalue weighted by molar-refractivity contribution is 4.81. The molecule has 0 rings (SSSR count). The van der Waals surface area contributed by atoms with Crippen LogP contribution in [0.4, 0.5) is 0 Å². The van der Waals surface area contributed by atoms with E-state index in [2.05, 4.69) is 26.0 Å². The van der Waals surface area contributed by atoms with Crippen molar-refractivity contribution < 1.29 is 0 Å². The Hall–Kier alpha value is -0.260. The van der Waals surface area contributed by atoms with Crippen LogP contribution in [-0.2, 0) is 0 Å². The van der Waals surface area contributed by atoms with Crippen molar-refractivity contribution in [2.45, 2.75) is 116 Å². The molecule has 0 saturated heterocycles. The summed E-state index contributed by atoms with van der Waals surface area (Å²) in [6, 6.07) is 0. The summed E-state index contributed by atoms with van der Waals surface area (Å²) in [6.07, 6.45) is 28.3. The van der Waals surface area contributed by atoms with Crippen molar-refractivity contribution in [3.8, 4) is 0 Å². The Kier molecular flexibility index (Phi) is 19.5. The van der Waals surface area contributed by atoms with Gasteiger partial charge in [0.2, 0.25) is 0 Å². The predicted molar refractivity (Wildman–Crippen MR) is 98.7 cm³/mol. The highest BCUT2D eigenvalue weighted by Crippen LogP contribution is 2.13. The Morgan fingerprint density at radius 2 is 0.905 bits per heavy atom. The van der Waals surface area contributed by atoms with Gasteiger partial charge in [0, 0.05) is 0 Å². The average Bonchev–Trinajstić information content (AvgIpc) is 2.50. The van der Waals surface area contributed by atoms with E-state index in [0.717, 1.165) is 6.42 Å². The van der Waals surface area contributed by atoms with Crippen molar-refractivity contribution in [2.75, 3.05) is 0 Å². The van der Waals surface area contributed by atoms with Crippen LogP contribution < -0.4 is 0 Å². The van der Waals surface area contributed by atoms with Crippen molar-refractivity contribution in [3.63, 3.8) is 0 Å². The molecule has 0 atom stereocenters. The highest BCUT2D eigenvalue weighted by atomic mass is 14.0. The van der Waals surface area contributed by atoms with E-state index in [1.54, 1.807) is 0 Å². The van der Waals surface area contributed by atoms with Crippen LogP contribution in [0.3, 0.4) is 0 Å². The van der Waals surface area contributed by atoms with E-state index in [0.29, 0.717) is 0 Å². The monoisotopic (exact) mass is 293 g/mol. The van der Waals surface area contributed by atoms with E-state index < -0.39 is 0 Å². The number of rotatable bonds is 17. The zero-order valence-electron chi connectivity index (χ0n) is 14.9. The molecule has 0 aromatic heterocycles. The van der Waals surface area contributed by atoms with Gasteiger partial charge in [0.25, 0.3) is 0 Å². The van der Waals surface area contributed by atoms with Gasteiger partial charge in [-0.2, -0.15) is 0 Å². The Morgan fingerprint density at radius 3 is 1.33 bits per heavy atom. The Labute approximate surface area is 135 Å². The van der Waals surface area contributed by atoms with Crippen molar-refractivity contribution in [2.24, 2.45) is 0 Å². The Balaban J connectivity index is 2.98. The van der Waals surface area contributed by atoms with Crippen molar-refractivity contribution >= 4 is 0 Å². The molecule has 0 bridgehead atoms. The number of hydrogen-bond donors (Lipinski definition) is 0. The molecule has 0 spiro atoms.